The molecule has 2 amide bonds. The second-order valence-corrected chi connectivity index (χ2v) is 7.89. The van der Waals surface area contributed by atoms with Crippen LogP contribution in [-0.2, 0) is 22.6 Å². The summed E-state index contributed by atoms with van der Waals surface area (Å²) in [6.07, 6.45) is 0.788. The molecule has 0 aliphatic heterocycles. The van der Waals surface area contributed by atoms with Crippen molar-refractivity contribution >= 4 is 29.4 Å². The van der Waals surface area contributed by atoms with Gasteiger partial charge in [-0.1, -0.05) is 65.8 Å². The molecular formula is C23H25N3O3S. The lowest BCUT2D eigenvalue weighted by atomic mass is 10.1. The van der Waals surface area contributed by atoms with Crippen LogP contribution < -0.4 is 5.32 Å². The number of aryl methyl sites for hydroxylation is 1. The monoisotopic (exact) mass is 423 g/mol. The molecule has 0 fully saturated rings. The van der Waals surface area contributed by atoms with E-state index in [2.05, 4.69) is 22.6 Å². The van der Waals surface area contributed by atoms with Gasteiger partial charge < -0.3 is 14.7 Å². The van der Waals surface area contributed by atoms with Crippen LogP contribution in [0.3, 0.4) is 0 Å². The van der Waals surface area contributed by atoms with E-state index in [4.69, 9.17) is 4.52 Å². The fourth-order valence-corrected chi connectivity index (χ4v) is 3.65. The number of nitrogens with one attached hydrogen (secondary N) is 1. The zero-order chi connectivity index (χ0) is 21.2. The molecule has 0 saturated carbocycles. The van der Waals surface area contributed by atoms with Crippen LogP contribution in [0.25, 0.3) is 0 Å². The molecule has 7 heteroatoms. The molecule has 0 radical (unpaired) electrons. The molecule has 1 heterocycles. The summed E-state index contributed by atoms with van der Waals surface area (Å²) >= 11 is 1.29. The summed E-state index contributed by atoms with van der Waals surface area (Å²) < 4.78 is 4.93. The largest absolute Gasteiger partial charge is 0.360 e. The Kier molecular flexibility index (Phi) is 8.09. The van der Waals surface area contributed by atoms with Gasteiger partial charge >= 0.3 is 0 Å². The van der Waals surface area contributed by atoms with Crippen LogP contribution in [-0.4, -0.2) is 39.9 Å². The number of rotatable bonds is 10. The van der Waals surface area contributed by atoms with E-state index in [1.165, 1.54) is 17.3 Å². The number of aromatic nitrogens is 1. The highest BCUT2D eigenvalue weighted by Gasteiger charge is 2.15. The molecule has 0 unspecified atom stereocenters. The topological polar surface area (TPSA) is 75.4 Å². The lowest BCUT2D eigenvalue weighted by Gasteiger charge is -2.23. The van der Waals surface area contributed by atoms with Crippen molar-refractivity contribution in [1.82, 2.24) is 10.1 Å². The number of hydrogen-bond acceptors (Lipinski definition) is 5. The summed E-state index contributed by atoms with van der Waals surface area (Å²) in [6.45, 7) is 2.94. The van der Waals surface area contributed by atoms with Crippen LogP contribution in [0.15, 0.2) is 71.3 Å². The smallest absolute Gasteiger partial charge is 0.235 e. The van der Waals surface area contributed by atoms with Gasteiger partial charge in [-0.3, -0.25) is 9.59 Å². The summed E-state index contributed by atoms with van der Waals surface area (Å²) in [5.41, 5.74) is 2.28. The summed E-state index contributed by atoms with van der Waals surface area (Å²) in [4.78, 5) is 26.7. The Labute approximate surface area is 180 Å². The SMILES string of the molecule is Cc1cc(NC(=O)CSCC(=O)N(CCc2ccccc2)Cc2ccccc2)no1. The van der Waals surface area contributed by atoms with Crippen LogP contribution in [0.4, 0.5) is 5.82 Å². The minimum absolute atomic E-state index is 0.0184. The van der Waals surface area contributed by atoms with Gasteiger partial charge in [-0.25, -0.2) is 0 Å². The molecule has 3 aromatic rings. The zero-order valence-electron chi connectivity index (χ0n) is 16.9. The average molecular weight is 424 g/mol. The highest BCUT2D eigenvalue weighted by atomic mass is 32.2. The molecule has 3 rings (SSSR count). The van der Waals surface area contributed by atoms with E-state index < -0.39 is 0 Å². The van der Waals surface area contributed by atoms with Gasteiger partial charge in [0.25, 0.3) is 0 Å². The Morgan fingerprint density at radius 2 is 1.67 bits per heavy atom. The van der Waals surface area contributed by atoms with E-state index in [0.717, 1.165) is 12.0 Å². The predicted octanol–water partition coefficient (Wildman–Crippen LogP) is 3.93. The molecule has 6 nitrogen and oxygen atoms in total. The van der Waals surface area contributed by atoms with Gasteiger partial charge in [0.1, 0.15) is 5.76 Å². The van der Waals surface area contributed by atoms with Crippen molar-refractivity contribution in [1.29, 1.82) is 0 Å². The van der Waals surface area contributed by atoms with Crippen molar-refractivity contribution in [2.75, 3.05) is 23.4 Å². The first-order valence-electron chi connectivity index (χ1n) is 9.76. The van der Waals surface area contributed by atoms with Crippen molar-refractivity contribution in [2.45, 2.75) is 19.9 Å². The van der Waals surface area contributed by atoms with E-state index in [9.17, 15) is 9.59 Å². The number of benzene rings is 2. The summed E-state index contributed by atoms with van der Waals surface area (Å²) in [7, 11) is 0. The van der Waals surface area contributed by atoms with Gasteiger partial charge in [0.15, 0.2) is 5.82 Å². The number of anilines is 1. The van der Waals surface area contributed by atoms with Crippen LogP contribution in [0.1, 0.15) is 16.9 Å². The Morgan fingerprint density at radius 1 is 1.00 bits per heavy atom. The predicted molar refractivity (Wildman–Crippen MR) is 119 cm³/mol. The van der Waals surface area contributed by atoms with Gasteiger partial charge in [-0.2, -0.15) is 0 Å². The summed E-state index contributed by atoms with van der Waals surface area (Å²) in [5, 5.41) is 6.40. The fraction of sp³-hybridized carbons (Fsp3) is 0.261. The highest BCUT2D eigenvalue weighted by Crippen LogP contribution is 2.12. The third-order valence-corrected chi connectivity index (χ3v) is 5.35. The third-order valence-electron chi connectivity index (χ3n) is 4.44. The van der Waals surface area contributed by atoms with Gasteiger partial charge in [-0.15, -0.1) is 11.8 Å². The summed E-state index contributed by atoms with van der Waals surface area (Å²) in [6, 6.07) is 21.7. The Morgan fingerprint density at radius 3 is 2.30 bits per heavy atom. The molecule has 0 spiro atoms. The van der Waals surface area contributed by atoms with Crippen LogP contribution in [0.2, 0.25) is 0 Å². The van der Waals surface area contributed by atoms with Crippen LogP contribution >= 0.6 is 11.8 Å². The number of carbonyl (C=O) groups is 2. The van der Waals surface area contributed by atoms with E-state index in [-0.39, 0.29) is 23.3 Å². The summed E-state index contributed by atoms with van der Waals surface area (Å²) in [5.74, 6) is 1.24. The maximum atomic E-state index is 12.9. The van der Waals surface area contributed by atoms with Crippen LogP contribution in [0, 0.1) is 6.92 Å². The number of thioether (sulfide) groups is 1. The minimum Gasteiger partial charge on any atom is -0.360 e. The normalized spacial score (nSPS) is 10.6. The van der Waals surface area contributed by atoms with E-state index in [1.807, 2.05) is 53.4 Å². The quantitative estimate of drug-likeness (QED) is 0.535. The standard InChI is InChI=1S/C23H25N3O3S/c1-18-14-21(25-29-18)24-22(27)16-30-17-23(28)26(15-20-10-6-3-7-11-20)13-12-19-8-4-2-5-9-19/h2-11,14H,12-13,15-17H2,1H3,(H,24,25,27). The Hall–Kier alpha value is -3.06. The molecule has 0 bridgehead atoms. The maximum Gasteiger partial charge on any atom is 0.235 e. The van der Waals surface area contributed by atoms with Crippen molar-refractivity contribution < 1.29 is 14.1 Å². The molecule has 0 atom stereocenters. The van der Waals surface area contributed by atoms with Gasteiger partial charge in [0.2, 0.25) is 11.8 Å². The van der Waals surface area contributed by atoms with E-state index in [0.29, 0.717) is 24.7 Å². The van der Waals surface area contributed by atoms with Crippen LogP contribution in [0.5, 0.6) is 0 Å². The van der Waals surface area contributed by atoms with E-state index >= 15 is 0 Å². The first-order chi connectivity index (χ1) is 14.6. The first-order valence-corrected chi connectivity index (χ1v) is 10.9. The second-order valence-electron chi connectivity index (χ2n) is 6.90. The highest BCUT2D eigenvalue weighted by molar-refractivity contribution is 8.00. The molecule has 30 heavy (non-hydrogen) atoms. The van der Waals surface area contributed by atoms with Crippen molar-refractivity contribution in [3.63, 3.8) is 0 Å². The van der Waals surface area contributed by atoms with Crippen molar-refractivity contribution in [2.24, 2.45) is 0 Å². The van der Waals surface area contributed by atoms with Crippen molar-refractivity contribution in [3.8, 4) is 0 Å². The lowest BCUT2D eigenvalue weighted by Crippen LogP contribution is -2.34. The van der Waals surface area contributed by atoms with E-state index in [1.54, 1.807) is 13.0 Å². The molecule has 1 aromatic heterocycles. The number of amides is 2. The lowest BCUT2D eigenvalue weighted by molar-refractivity contribution is -0.128. The molecule has 0 saturated heterocycles. The number of nitrogens with zero attached hydrogens (tertiary/aromatic N) is 2. The minimum atomic E-state index is -0.208. The molecular weight excluding hydrogens is 398 g/mol. The molecule has 0 aliphatic rings. The fourth-order valence-electron chi connectivity index (χ4n) is 2.93. The molecule has 2 aromatic carbocycles. The molecule has 0 aliphatic carbocycles. The third kappa shape index (κ3) is 7.08. The van der Waals surface area contributed by atoms with Gasteiger partial charge in [0.05, 0.1) is 11.5 Å². The second kappa shape index (κ2) is 11.2. The van der Waals surface area contributed by atoms with Gasteiger partial charge in [-0.05, 0) is 24.5 Å². The zero-order valence-corrected chi connectivity index (χ0v) is 17.7. The number of carbonyl (C=O) groups excluding carboxylic acids is 2. The molecule has 1 N–H and O–H groups in total. The first kappa shape index (κ1) is 21.6. The maximum absolute atomic E-state index is 12.9. The average Bonchev–Trinajstić information content (AvgIpc) is 3.16. The van der Waals surface area contributed by atoms with Gasteiger partial charge in [0, 0.05) is 19.2 Å². The molecule has 156 valence electrons. The Balaban J connectivity index is 1.52. The Bertz CT molecular complexity index is 945. The number of hydrogen-bond donors (Lipinski definition) is 1. The van der Waals surface area contributed by atoms with Crippen molar-refractivity contribution in [3.05, 3.63) is 83.6 Å².